The highest BCUT2D eigenvalue weighted by molar-refractivity contribution is 7.14. The summed E-state index contributed by atoms with van der Waals surface area (Å²) in [4.78, 5) is 6.60. The van der Waals surface area contributed by atoms with Gasteiger partial charge in [-0.2, -0.15) is 26.3 Å². The van der Waals surface area contributed by atoms with E-state index in [-0.39, 0.29) is 16.9 Å². The van der Waals surface area contributed by atoms with Crippen molar-refractivity contribution in [3.05, 3.63) is 59.0 Å². The van der Waals surface area contributed by atoms with E-state index in [1.165, 1.54) is 0 Å². The topological polar surface area (TPSA) is 28.2 Å². The van der Waals surface area contributed by atoms with Crippen LogP contribution in [0.3, 0.4) is 0 Å². The number of anilines is 3. The Hall–Kier alpha value is -2.75. The van der Waals surface area contributed by atoms with E-state index < -0.39 is 23.5 Å². The second kappa shape index (κ2) is 8.07. The van der Waals surface area contributed by atoms with Gasteiger partial charge in [0.25, 0.3) is 0 Å². The molecule has 0 unspecified atom stereocenters. The van der Waals surface area contributed by atoms with Crippen LogP contribution in [-0.4, -0.2) is 18.1 Å². The molecule has 1 N–H and O–H groups in total. The molecule has 0 bridgehead atoms. The summed E-state index contributed by atoms with van der Waals surface area (Å²) < 4.78 is 78.2. The van der Waals surface area contributed by atoms with Gasteiger partial charge in [0.15, 0.2) is 5.13 Å². The first-order valence-corrected chi connectivity index (χ1v) is 10.3. The third-order valence-corrected chi connectivity index (χ3v) is 5.74. The van der Waals surface area contributed by atoms with Crippen LogP contribution < -0.4 is 10.2 Å². The van der Waals surface area contributed by atoms with Gasteiger partial charge >= 0.3 is 12.4 Å². The molecule has 3 nitrogen and oxygen atoms in total. The molecule has 4 rings (SSSR count). The second-order valence-corrected chi connectivity index (χ2v) is 8.06. The third-order valence-electron chi connectivity index (χ3n) is 4.98. The first-order chi connectivity index (χ1) is 14.6. The Bertz CT molecular complexity index is 1020. The number of aromatic nitrogens is 1. The van der Waals surface area contributed by atoms with Crippen molar-refractivity contribution >= 4 is 27.8 Å². The summed E-state index contributed by atoms with van der Waals surface area (Å²) in [6.07, 6.45) is -7.48. The van der Waals surface area contributed by atoms with Crippen molar-refractivity contribution in [2.45, 2.75) is 25.2 Å². The van der Waals surface area contributed by atoms with Gasteiger partial charge in [-0.1, -0.05) is 12.1 Å². The van der Waals surface area contributed by atoms with E-state index in [0.717, 1.165) is 48.5 Å². The average Bonchev–Trinajstić information content (AvgIpc) is 3.39. The van der Waals surface area contributed by atoms with E-state index in [9.17, 15) is 26.3 Å². The molecule has 0 atom stereocenters. The van der Waals surface area contributed by atoms with Crippen molar-refractivity contribution in [3.8, 4) is 11.3 Å². The van der Waals surface area contributed by atoms with Gasteiger partial charge in [-0.15, -0.1) is 11.3 Å². The van der Waals surface area contributed by atoms with Crippen molar-refractivity contribution in [1.29, 1.82) is 0 Å². The van der Waals surface area contributed by atoms with E-state index in [1.807, 2.05) is 24.3 Å². The van der Waals surface area contributed by atoms with Gasteiger partial charge in [-0.3, -0.25) is 0 Å². The van der Waals surface area contributed by atoms with E-state index in [2.05, 4.69) is 15.2 Å². The van der Waals surface area contributed by atoms with Crippen LogP contribution in [0.15, 0.2) is 47.8 Å². The summed E-state index contributed by atoms with van der Waals surface area (Å²) in [6, 6.07) is 9.14. The summed E-state index contributed by atoms with van der Waals surface area (Å²) in [5.41, 5.74) is -0.570. The van der Waals surface area contributed by atoms with Crippen LogP contribution in [0, 0.1) is 0 Å². The van der Waals surface area contributed by atoms with Crippen molar-refractivity contribution in [1.82, 2.24) is 4.98 Å². The molecule has 1 aromatic heterocycles. The molecule has 2 aromatic carbocycles. The molecule has 0 radical (unpaired) electrons. The Labute approximate surface area is 178 Å². The van der Waals surface area contributed by atoms with Crippen LogP contribution >= 0.6 is 11.3 Å². The van der Waals surface area contributed by atoms with Crippen LogP contribution in [0.4, 0.5) is 42.8 Å². The normalized spacial score (nSPS) is 14.8. The van der Waals surface area contributed by atoms with Gasteiger partial charge in [0.2, 0.25) is 0 Å². The molecule has 0 aliphatic carbocycles. The molecule has 0 spiro atoms. The molecule has 0 amide bonds. The lowest BCUT2D eigenvalue weighted by Gasteiger charge is -2.17. The summed E-state index contributed by atoms with van der Waals surface area (Å²) in [5.74, 6) is 0. The highest BCUT2D eigenvalue weighted by Gasteiger charge is 2.37. The quantitative estimate of drug-likeness (QED) is 0.420. The zero-order valence-electron chi connectivity index (χ0n) is 16.0. The fourth-order valence-corrected chi connectivity index (χ4v) is 4.17. The third kappa shape index (κ3) is 4.95. The average molecular weight is 457 g/mol. The smallest absolute Gasteiger partial charge is 0.372 e. The Morgan fingerprint density at radius 1 is 0.839 bits per heavy atom. The van der Waals surface area contributed by atoms with Crippen molar-refractivity contribution in [2.75, 3.05) is 23.3 Å². The van der Waals surface area contributed by atoms with Crippen LogP contribution in [-0.2, 0) is 12.4 Å². The van der Waals surface area contributed by atoms with Crippen molar-refractivity contribution in [2.24, 2.45) is 0 Å². The molecule has 31 heavy (non-hydrogen) atoms. The first kappa shape index (κ1) is 21.5. The van der Waals surface area contributed by atoms with Gasteiger partial charge in [-0.05, 0) is 43.2 Å². The van der Waals surface area contributed by atoms with Crippen LogP contribution in [0.5, 0.6) is 0 Å². The number of thiazole rings is 1. The molecule has 1 fully saturated rings. The maximum absolute atomic E-state index is 13.0. The lowest BCUT2D eigenvalue weighted by molar-refractivity contribution is -0.143. The van der Waals surface area contributed by atoms with Gasteiger partial charge in [-0.25, -0.2) is 4.98 Å². The van der Waals surface area contributed by atoms with Crippen LogP contribution in [0.25, 0.3) is 11.3 Å². The van der Waals surface area contributed by atoms with Gasteiger partial charge in [0.05, 0.1) is 16.8 Å². The molecule has 1 aliphatic heterocycles. The molecular weight excluding hydrogens is 440 g/mol. The number of halogens is 6. The van der Waals surface area contributed by atoms with Crippen molar-refractivity contribution in [3.63, 3.8) is 0 Å². The molecule has 1 saturated heterocycles. The van der Waals surface area contributed by atoms with Crippen LogP contribution in [0.1, 0.15) is 24.0 Å². The Morgan fingerprint density at radius 3 is 1.97 bits per heavy atom. The minimum Gasteiger partial charge on any atom is -0.372 e. The number of rotatable bonds is 4. The highest BCUT2D eigenvalue weighted by atomic mass is 32.1. The molecule has 1 aliphatic rings. The summed E-state index contributed by atoms with van der Waals surface area (Å²) >= 11 is 1.10. The predicted octanol–water partition coefficient (Wildman–Crippen LogP) is 7.19. The largest absolute Gasteiger partial charge is 0.416 e. The van der Waals surface area contributed by atoms with E-state index >= 15 is 0 Å². The second-order valence-electron chi connectivity index (χ2n) is 7.20. The van der Waals surface area contributed by atoms with Crippen LogP contribution in [0.2, 0.25) is 0 Å². The molecule has 10 heteroatoms. The molecule has 2 heterocycles. The molecular formula is C21H17F6N3S. The van der Waals surface area contributed by atoms with Crippen molar-refractivity contribution < 1.29 is 26.3 Å². The van der Waals surface area contributed by atoms with Gasteiger partial charge in [0, 0.05) is 35.4 Å². The first-order valence-electron chi connectivity index (χ1n) is 9.47. The number of hydrogen-bond acceptors (Lipinski definition) is 4. The lowest BCUT2D eigenvalue weighted by Crippen LogP contribution is -2.17. The Balaban J connectivity index is 1.56. The van der Waals surface area contributed by atoms with E-state index in [4.69, 9.17) is 0 Å². The van der Waals surface area contributed by atoms with E-state index in [0.29, 0.717) is 17.8 Å². The predicted molar refractivity (Wildman–Crippen MR) is 109 cm³/mol. The maximum atomic E-state index is 13.0. The fourth-order valence-electron chi connectivity index (χ4n) is 3.43. The number of hydrogen-bond donors (Lipinski definition) is 1. The summed E-state index contributed by atoms with van der Waals surface area (Å²) in [5, 5.41) is 4.47. The van der Waals surface area contributed by atoms with Gasteiger partial charge in [0.1, 0.15) is 0 Å². The standard InChI is InChI=1S/C21H17F6N3S/c22-20(23,24)14-9-15(21(25,26)27)11-16(10-14)28-19-29-18(12-31-19)13-3-5-17(6-4-13)30-7-1-2-8-30/h3-6,9-12H,1-2,7-8H2,(H,28,29). The molecule has 0 saturated carbocycles. The summed E-state index contributed by atoms with van der Waals surface area (Å²) in [7, 11) is 0. The highest BCUT2D eigenvalue weighted by Crippen LogP contribution is 2.38. The lowest BCUT2D eigenvalue weighted by atomic mass is 10.1. The fraction of sp³-hybridized carbons (Fsp3) is 0.286. The monoisotopic (exact) mass is 457 g/mol. The maximum Gasteiger partial charge on any atom is 0.416 e. The minimum atomic E-state index is -4.90. The number of benzene rings is 2. The zero-order valence-corrected chi connectivity index (χ0v) is 16.8. The Kier molecular flexibility index (Phi) is 5.59. The van der Waals surface area contributed by atoms with E-state index in [1.54, 1.807) is 5.38 Å². The van der Waals surface area contributed by atoms with Gasteiger partial charge < -0.3 is 10.2 Å². The number of nitrogens with one attached hydrogen (secondary N) is 1. The number of alkyl halides is 6. The SMILES string of the molecule is FC(F)(F)c1cc(Nc2nc(-c3ccc(N4CCCC4)cc3)cs2)cc(C(F)(F)F)c1. The Morgan fingerprint density at radius 2 is 1.42 bits per heavy atom. The summed E-state index contributed by atoms with van der Waals surface area (Å²) in [6.45, 7) is 2.03. The molecule has 164 valence electrons. The zero-order chi connectivity index (χ0) is 22.2. The number of nitrogens with zero attached hydrogens (tertiary/aromatic N) is 2. The minimum absolute atomic E-state index is 0.0976. The molecule has 3 aromatic rings.